The Bertz CT molecular complexity index is 1020. The van der Waals surface area contributed by atoms with Gasteiger partial charge < -0.3 is 14.8 Å². The number of anilines is 1. The Morgan fingerprint density at radius 1 is 1.07 bits per heavy atom. The Labute approximate surface area is 182 Å². The molecular formula is C21H17Cl2NO4S. The Hall–Kier alpha value is -2.54. The third kappa shape index (κ3) is 5.50. The first-order chi connectivity index (χ1) is 14.0. The van der Waals surface area contributed by atoms with Crippen LogP contribution < -0.4 is 10.1 Å². The number of rotatable bonds is 7. The fourth-order valence-electron chi connectivity index (χ4n) is 2.59. The molecule has 0 fully saturated rings. The van der Waals surface area contributed by atoms with Crippen LogP contribution in [0.2, 0.25) is 10.0 Å². The number of hydrogen-bond acceptors (Lipinski definition) is 5. The zero-order valence-electron chi connectivity index (χ0n) is 15.4. The highest BCUT2D eigenvalue weighted by atomic mass is 35.5. The first kappa shape index (κ1) is 21.2. The molecule has 0 aliphatic carbocycles. The van der Waals surface area contributed by atoms with Gasteiger partial charge in [0.2, 0.25) is 0 Å². The molecule has 0 aliphatic rings. The molecule has 0 spiro atoms. The maximum atomic E-state index is 12.6. The molecule has 0 saturated heterocycles. The normalized spacial score (nSPS) is 10.4. The molecule has 3 aromatic rings. The number of nitrogens with one attached hydrogen (secondary N) is 1. The maximum Gasteiger partial charge on any atom is 0.340 e. The lowest BCUT2D eigenvalue weighted by atomic mass is 10.1. The number of amides is 1. The van der Waals surface area contributed by atoms with Crippen molar-refractivity contribution >= 4 is 52.1 Å². The predicted molar refractivity (Wildman–Crippen MR) is 116 cm³/mol. The number of thiophene rings is 1. The summed E-state index contributed by atoms with van der Waals surface area (Å²) in [4.78, 5) is 24.8. The van der Waals surface area contributed by atoms with Crippen LogP contribution in [0.15, 0.2) is 53.2 Å². The molecule has 2 aromatic carbocycles. The van der Waals surface area contributed by atoms with Crippen molar-refractivity contribution in [2.24, 2.45) is 0 Å². The summed E-state index contributed by atoms with van der Waals surface area (Å²) in [6.45, 7) is 0.462. The summed E-state index contributed by atoms with van der Waals surface area (Å²) >= 11 is 13.6. The zero-order valence-corrected chi connectivity index (χ0v) is 17.7. The maximum absolute atomic E-state index is 12.6. The van der Waals surface area contributed by atoms with E-state index in [1.165, 1.54) is 24.8 Å². The molecule has 0 radical (unpaired) electrons. The topological polar surface area (TPSA) is 64.6 Å². The van der Waals surface area contributed by atoms with Crippen molar-refractivity contribution in [3.05, 3.63) is 80.0 Å². The van der Waals surface area contributed by atoms with Gasteiger partial charge in [0, 0.05) is 11.4 Å². The number of ether oxygens (including phenoxy) is 2. The van der Waals surface area contributed by atoms with Gasteiger partial charge in [0.25, 0.3) is 5.91 Å². The third-order valence-corrected chi connectivity index (χ3v) is 5.34. The molecule has 150 valence electrons. The van der Waals surface area contributed by atoms with Crippen molar-refractivity contribution in [2.75, 3.05) is 19.0 Å². The highest BCUT2D eigenvalue weighted by molar-refractivity contribution is 7.07. The van der Waals surface area contributed by atoms with Gasteiger partial charge in [-0.25, -0.2) is 4.79 Å². The smallest absolute Gasteiger partial charge is 0.340 e. The highest BCUT2D eigenvalue weighted by Crippen LogP contribution is 2.26. The summed E-state index contributed by atoms with van der Waals surface area (Å²) in [7, 11) is 1.27. The molecule has 3 rings (SSSR count). The molecule has 1 N–H and O–H groups in total. The van der Waals surface area contributed by atoms with Crippen molar-refractivity contribution in [3.63, 3.8) is 0 Å². The molecule has 8 heteroatoms. The molecule has 0 bridgehead atoms. The second-order valence-electron chi connectivity index (χ2n) is 6.01. The minimum atomic E-state index is -0.592. The Balaban J connectivity index is 1.76. The van der Waals surface area contributed by atoms with Gasteiger partial charge in [-0.05, 0) is 58.8 Å². The van der Waals surface area contributed by atoms with E-state index in [-0.39, 0.29) is 21.8 Å². The van der Waals surface area contributed by atoms with Crippen molar-refractivity contribution in [2.45, 2.75) is 6.42 Å². The van der Waals surface area contributed by atoms with Crippen molar-refractivity contribution in [1.29, 1.82) is 0 Å². The lowest BCUT2D eigenvalue weighted by Crippen LogP contribution is -2.16. The predicted octanol–water partition coefficient (Wildman–Crippen LogP) is 5.72. The van der Waals surface area contributed by atoms with E-state index in [0.717, 1.165) is 6.42 Å². The largest absolute Gasteiger partial charge is 0.493 e. The van der Waals surface area contributed by atoms with Crippen LogP contribution in [0.3, 0.4) is 0 Å². The van der Waals surface area contributed by atoms with E-state index >= 15 is 0 Å². The van der Waals surface area contributed by atoms with Gasteiger partial charge in [-0.3, -0.25) is 4.79 Å². The fourth-order valence-corrected chi connectivity index (χ4v) is 3.78. The Morgan fingerprint density at radius 3 is 2.59 bits per heavy atom. The van der Waals surface area contributed by atoms with Gasteiger partial charge in [-0.2, -0.15) is 11.3 Å². The van der Waals surface area contributed by atoms with E-state index in [2.05, 4.69) is 10.7 Å². The first-order valence-electron chi connectivity index (χ1n) is 8.60. The van der Waals surface area contributed by atoms with E-state index in [1.807, 2.05) is 11.4 Å². The lowest BCUT2D eigenvalue weighted by Gasteiger charge is -2.13. The molecule has 0 aliphatic heterocycles. The van der Waals surface area contributed by atoms with Crippen LogP contribution in [0.5, 0.6) is 5.75 Å². The molecular weight excluding hydrogens is 433 g/mol. The van der Waals surface area contributed by atoms with Crippen molar-refractivity contribution in [3.8, 4) is 5.75 Å². The van der Waals surface area contributed by atoms with Crippen LogP contribution in [0.1, 0.15) is 26.3 Å². The van der Waals surface area contributed by atoms with Gasteiger partial charge in [0.05, 0.1) is 35.6 Å². The monoisotopic (exact) mass is 449 g/mol. The van der Waals surface area contributed by atoms with Crippen LogP contribution in [0.4, 0.5) is 5.69 Å². The van der Waals surface area contributed by atoms with Crippen LogP contribution in [-0.4, -0.2) is 25.6 Å². The van der Waals surface area contributed by atoms with Crippen LogP contribution in [0, 0.1) is 0 Å². The highest BCUT2D eigenvalue weighted by Gasteiger charge is 2.18. The molecule has 1 heterocycles. The van der Waals surface area contributed by atoms with Gasteiger partial charge in [-0.1, -0.05) is 23.2 Å². The quantitative estimate of drug-likeness (QED) is 0.468. The second kappa shape index (κ2) is 9.78. The van der Waals surface area contributed by atoms with E-state index < -0.39 is 11.9 Å². The summed E-state index contributed by atoms with van der Waals surface area (Å²) in [5, 5.41) is 7.39. The van der Waals surface area contributed by atoms with Crippen LogP contribution in [-0.2, 0) is 11.2 Å². The van der Waals surface area contributed by atoms with E-state index in [1.54, 1.807) is 35.6 Å². The average Bonchev–Trinajstić information content (AvgIpc) is 3.21. The summed E-state index contributed by atoms with van der Waals surface area (Å²) in [5.74, 6) is -0.558. The van der Waals surface area contributed by atoms with Gasteiger partial charge in [0.1, 0.15) is 5.75 Å². The van der Waals surface area contributed by atoms with Crippen molar-refractivity contribution < 1.29 is 19.1 Å². The van der Waals surface area contributed by atoms with E-state index in [0.29, 0.717) is 17.4 Å². The third-order valence-electron chi connectivity index (χ3n) is 4.06. The average molecular weight is 450 g/mol. The zero-order chi connectivity index (χ0) is 20.8. The van der Waals surface area contributed by atoms with Crippen LogP contribution >= 0.6 is 34.5 Å². The summed E-state index contributed by atoms with van der Waals surface area (Å²) in [6.07, 6.45) is 0.755. The van der Waals surface area contributed by atoms with Gasteiger partial charge in [0.15, 0.2) is 0 Å². The number of carbonyl (C=O) groups is 2. The van der Waals surface area contributed by atoms with Crippen LogP contribution in [0.25, 0.3) is 0 Å². The Kier molecular flexibility index (Phi) is 7.14. The summed E-state index contributed by atoms with van der Waals surface area (Å²) in [5.41, 5.74) is 1.90. The second-order valence-corrected chi connectivity index (χ2v) is 7.63. The molecule has 0 atom stereocenters. The van der Waals surface area contributed by atoms with E-state index in [9.17, 15) is 9.59 Å². The van der Waals surface area contributed by atoms with Gasteiger partial charge in [-0.15, -0.1) is 0 Å². The first-order valence-corrected chi connectivity index (χ1v) is 10.3. The number of esters is 1. The minimum Gasteiger partial charge on any atom is -0.493 e. The number of hydrogen-bond donors (Lipinski definition) is 1. The summed E-state index contributed by atoms with van der Waals surface area (Å²) in [6, 6.07) is 11.4. The number of benzene rings is 2. The Morgan fingerprint density at radius 2 is 1.90 bits per heavy atom. The molecule has 0 saturated carbocycles. The molecule has 5 nitrogen and oxygen atoms in total. The number of carbonyl (C=O) groups excluding carboxylic acids is 2. The molecule has 29 heavy (non-hydrogen) atoms. The van der Waals surface area contributed by atoms with Gasteiger partial charge >= 0.3 is 5.97 Å². The summed E-state index contributed by atoms with van der Waals surface area (Å²) < 4.78 is 10.6. The van der Waals surface area contributed by atoms with Crippen molar-refractivity contribution in [1.82, 2.24) is 0 Å². The van der Waals surface area contributed by atoms with E-state index in [4.69, 9.17) is 32.7 Å². The number of halogens is 2. The SMILES string of the molecule is COC(=O)c1cc(OCCc2ccsc2)ccc1NC(=O)c1ccc(Cl)cc1Cl. The molecule has 1 aromatic heterocycles. The molecule has 1 amide bonds. The molecule has 0 unspecified atom stereocenters. The lowest BCUT2D eigenvalue weighted by molar-refractivity contribution is 0.0601. The minimum absolute atomic E-state index is 0.180. The standard InChI is InChI=1S/C21H17Cl2NO4S/c1-27-21(26)17-11-15(28-8-6-13-7-9-29-12-13)3-5-19(17)24-20(25)16-4-2-14(22)10-18(16)23/h2-5,7,9-12H,6,8H2,1H3,(H,24,25). The number of methoxy groups -OCH3 is 1. The fraction of sp³-hybridized carbons (Fsp3) is 0.143.